The number of carbonyl (C=O) groups is 2. The number of hydrogen-bond donors (Lipinski definition) is 2. The largest absolute Gasteiger partial charge is 0.490 e. The Morgan fingerprint density at radius 3 is 1.97 bits per heavy atom. The molecule has 2 aromatic rings. The number of aromatic nitrogens is 3. The lowest BCUT2D eigenvalue weighted by molar-refractivity contribution is -0.193. The molecule has 3 heterocycles. The second-order valence-electron chi connectivity index (χ2n) is 8.27. The number of hydrogen-bond acceptors (Lipinski definition) is 6. The van der Waals surface area contributed by atoms with Gasteiger partial charge in [0.15, 0.2) is 0 Å². The zero-order valence-corrected chi connectivity index (χ0v) is 19.5. The fraction of sp³-hybridized carbons (Fsp3) is 0.545. The average Bonchev–Trinajstić information content (AvgIpc) is 3.47. The van der Waals surface area contributed by atoms with Crippen LogP contribution in [-0.2, 0) is 34.0 Å². The number of rotatable bonds is 4. The van der Waals surface area contributed by atoms with E-state index in [-0.39, 0.29) is 6.10 Å². The lowest BCUT2D eigenvalue weighted by atomic mass is 10.2. The van der Waals surface area contributed by atoms with E-state index in [0.29, 0.717) is 12.6 Å². The third kappa shape index (κ3) is 10.4. The van der Waals surface area contributed by atoms with E-state index in [0.717, 1.165) is 19.6 Å². The third-order valence-electron chi connectivity index (χ3n) is 5.55. The Morgan fingerprint density at radius 1 is 0.919 bits per heavy atom. The SMILES string of the molecule is O=C(O)C(F)(F)F.O=C(O)C(F)(F)F.c1cc(COC2CN(C3CCCC3)Cc3ccnn3C2)ccn1. The number of alkyl halides is 6. The molecule has 206 valence electrons. The predicted octanol–water partition coefficient (Wildman–Crippen LogP) is 3.89. The van der Waals surface area contributed by atoms with Gasteiger partial charge in [-0.15, -0.1) is 0 Å². The van der Waals surface area contributed by atoms with Crippen LogP contribution in [0.3, 0.4) is 0 Å². The first-order valence-corrected chi connectivity index (χ1v) is 11.1. The Labute approximate surface area is 207 Å². The molecule has 37 heavy (non-hydrogen) atoms. The van der Waals surface area contributed by atoms with E-state index in [4.69, 9.17) is 24.5 Å². The molecule has 1 aliphatic carbocycles. The van der Waals surface area contributed by atoms with Crippen molar-refractivity contribution < 1.29 is 50.9 Å². The minimum absolute atomic E-state index is 0.185. The smallest absolute Gasteiger partial charge is 0.475 e. The Balaban J connectivity index is 0.000000286. The zero-order valence-electron chi connectivity index (χ0n) is 19.5. The van der Waals surface area contributed by atoms with Gasteiger partial charge >= 0.3 is 24.3 Å². The van der Waals surface area contributed by atoms with Crippen molar-refractivity contribution in [2.24, 2.45) is 0 Å². The summed E-state index contributed by atoms with van der Waals surface area (Å²) < 4.78 is 71.8. The maximum absolute atomic E-state index is 10.6. The van der Waals surface area contributed by atoms with E-state index in [1.807, 2.05) is 30.7 Å². The molecule has 15 heteroatoms. The van der Waals surface area contributed by atoms with Gasteiger partial charge in [-0.2, -0.15) is 31.4 Å². The molecule has 0 amide bonds. The minimum Gasteiger partial charge on any atom is -0.475 e. The van der Waals surface area contributed by atoms with E-state index >= 15 is 0 Å². The first-order valence-electron chi connectivity index (χ1n) is 11.1. The van der Waals surface area contributed by atoms with Gasteiger partial charge in [-0.3, -0.25) is 14.6 Å². The molecule has 2 aliphatic rings. The van der Waals surface area contributed by atoms with E-state index in [1.165, 1.54) is 36.9 Å². The summed E-state index contributed by atoms with van der Waals surface area (Å²) >= 11 is 0. The highest BCUT2D eigenvalue weighted by atomic mass is 19.4. The zero-order chi connectivity index (χ0) is 27.6. The standard InChI is InChI=1S/C18H24N4O.2C2HF3O2/c1-2-4-16(3-1)21-11-17-7-10-20-22(17)13-18(12-21)23-14-15-5-8-19-9-6-15;2*3-2(4,5)1(6)7/h5-10,16,18H,1-4,11-14H2;2*(H,6,7). The molecule has 2 N–H and O–H groups in total. The van der Waals surface area contributed by atoms with Crippen LogP contribution in [0.2, 0.25) is 0 Å². The molecular weight excluding hydrogens is 514 g/mol. The Hall–Kier alpha value is -3.20. The molecule has 4 rings (SSSR count). The van der Waals surface area contributed by atoms with E-state index < -0.39 is 24.3 Å². The van der Waals surface area contributed by atoms with Crippen LogP contribution in [0, 0.1) is 0 Å². The number of aliphatic carboxylic acids is 2. The number of halogens is 6. The molecule has 1 atom stereocenters. The van der Waals surface area contributed by atoms with Crippen LogP contribution in [0.15, 0.2) is 36.8 Å². The van der Waals surface area contributed by atoms with Crippen LogP contribution < -0.4 is 0 Å². The summed E-state index contributed by atoms with van der Waals surface area (Å²) in [7, 11) is 0. The van der Waals surface area contributed by atoms with Crippen molar-refractivity contribution in [2.45, 2.75) is 69.9 Å². The summed E-state index contributed by atoms with van der Waals surface area (Å²) in [6.07, 6.45) is 0.949. The quantitative estimate of drug-likeness (QED) is 0.561. The first-order chi connectivity index (χ1) is 17.3. The molecule has 0 saturated heterocycles. The Morgan fingerprint density at radius 2 is 1.46 bits per heavy atom. The molecule has 0 bridgehead atoms. The second-order valence-corrected chi connectivity index (χ2v) is 8.27. The molecule has 0 spiro atoms. The molecule has 0 aromatic carbocycles. The summed E-state index contributed by atoms with van der Waals surface area (Å²) in [5.41, 5.74) is 2.49. The number of nitrogens with zero attached hydrogens (tertiary/aromatic N) is 4. The lowest BCUT2D eigenvalue weighted by Crippen LogP contribution is -2.38. The van der Waals surface area contributed by atoms with Gasteiger partial charge in [0.25, 0.3) is 0 Å². The van der Waals surface area contributed by atoms with E-state index in [9.17, 15) is 26.3 Å². The van der Waals surface area contributed by atoms with Crippen molar-refractivity contribution >= 4 is 11.9 Å². The number of carboxylic acids is 2. The highest BCUT2D eigenvalue weighted by Gasteiger charge is 2.39. The monoisotopic (exact) mass is 540 g/mol. The van der Waals surface area contributed by atoms with Gasteiger partial charge in [-0.1, -0.05) is 12.8 Å². The van der Waals surface area contributed by atoms with Crippen LogP contribution in [0.1, 0.15) is 36.9 Å². The van der Waals surface area contributed by atoms with E-state index in [1.54, 1.807) is 0 Å². The Kier molecular flexibility index (Phi) is 10.9. The molecule has 1 saturated carbocycles. The van der Waals surface area contributed by atoms with Gasteiger partial charge < -0.3 is 14.9 Å². The first kappa shape index (κ1) is 30.0. The van der Waals surface area contributed by atoms with Crippen LogP contribution in [0.25, 0.3) is 0 Å². The summed E-state index contributed by atoms with van der Waals surface area (Å²) in [6.45, 7) is 3.48. The van der Waals surface area contributed by atoms with Crippen LogP contribution >= 0.6 is 0 Å². The van der Waals surface area contributed by atoms with Gasteiger partial charge in [-0.25, -0.2) is 9.59 Å². The maximum Gasteiger partial charge on any atom is 0.490 e. The molecule has 2 aromatic heterocycles. The number of fused-ring (bicyclic) bond motifs is 1. The van der Waals surface area contributed by atoms with Gasteiger partial charge in [0.2, 0.25) is 0 Å². The summed E-state index contributed by atoms with van der Waals surface area (Å²) in [5.74, 6) is -5.51. The third-order valence-corrected chi connectivity index (χ3v) is 5.55. The van der Waals surface area contributed by atoms with Crippen molar-refractivity contribution in [3.05, 3.63) is 48.0 Å². The molecule has 9 nitrogen and oxygen atoms in total. The van der Waals surface area contributed by atoms with Crippen LogP contribution in [-0.4, -0.2) is 72.9 Å². The molecule has 1 aliphatic heterocycles. The highest BCUT2D eigenvalue weighted by Crippen LogP contribution is 2.27. The van der Waals surface area contributed by atoms with E-state index in [2.05, 4.69) is 25.7 Å². The van der Waals surface area contributed by atoms with Crippen molar-refractivity contribution in [1.82, 2.24) is 19.7 Å². The van der Waals surface area contributed by atoms with Crippen LogP contribution in [0.5, 0.6) is 0 Å². The highest BCUT2D eigenvalue weighted by molar-refractivity contribution is 5.73. The summed E-state index contributed by atoms with van der Waals surface area (Å²) in [4.78, 5) is 24.5. The van der Waals surface area contributed by atoms with Gasteiger partial charge in [0.1, 0.15) is 0 Å². The Bertz CT molecular complexity index is 969. The molecule has 1 unspecified atom stereocenters. The molecule has 1 fully saturated rings. The summed E-state index contributed by atoms with van der Waals surface area (Å²) in [5, 5.41) is 18.7. The fourth-order valence-corrected chi connectivity index (χ4v) is 3.79. The predicted molar refractivity (Wildman–Crippen MR) is 115 cm³/mol. The number of carboxylic acid groups (broad SMARTS) is 2. The van der Waals surface area contributed by atoms with Crippen molar-refractivity contribution in [3.8, 4) is 0 Å². The molecular formula is C22H26F6N4O5. The van der Waals surface area contributed by atoms with Gasteiger partial charge in [0.05, 0.1) is 24.9 Å². The summed E-state index contributed by atoms with van der Waals surface area (Å²) in [6, 6.07) is 6.89. The van der Waals surface area contributed by atoms with Gasteiger partial charge in [-0.05, 0) is 36.6 Å². The second kappa shape index (κ2) is 13.4. The number of ether oxygens (including phenoxy) is 1. The average molecular weight is 540 g/mol. The van der Waals surface area contributed by atoms with Gasteiger partial charge in [0, 0.05) is 37.7 Å². The molecule has 0 radical (unpaired) electrons. The van der Waals surface area contributed by atoms with Crippen molar-refractivity contribution in [3.63, 3.8) is 0 Å². The normalized spacial score (nSPS) is 18.5. The topological polar surface area (TPSA) is 118 Å². The van der Waals surface area contributed by atoms with Crippen LogP contribution in [0.4, 0.5) is 26.3 Å². The lowest BCUT2D eigenvalue weighted by Gasteiger charge is -2.29. The minimum atomic E-state index is -5.08. The van der Waals surface area contributed by atoms with Crippen molar-refractivity contribution in [2.75, 3.05) is 6.54 Å². The van der Waals surface area contributed by atoms with Crippen molar-refractivity contribution in [1.29, 1.82) is 0 Å². The maximum atomic E-state index is 10.6. The number of pyridine rings is 1. The fourth-order valence-electron chi connectivity index (χ4n) is 3.79.